The number of hydrogen-bond acceptors (Lipinski definition) is 8. The van der Waals surface area contributed by atoms with Gasteiger partial charge in [-0.3, -0.25) is 24.0 Å². The predicted octanol–water partition coefficient (Wildman–Crippen LogP) is 3.30. The smallest absolute Gasteiger partial charge is 0.245 e. The lowest BCUT2D eigenvalue weighted by Crippen LogP contribution is -2.61. The van der Waals surface area contributed by atoms with Gasteiger partial charge in [0.2, 0.25) is 29.5 Å². The Morgan fingerprint density at radius 3 is 2.15 bits per heavy atom. The number of hydrogen-bond donors (Lipinski definition) is 4. The van der Waals surface area contributed by atoms with Crippen molar-refractivity contribution in [3.8, 4) is 0 Å². The van der Waals surface area contributed by atoms with E-state index in [4.69, 9.17) is 9.47 Å². The standard InChI is InChI=1S/C41H70N6O7/c1-13-22-43-38(50)30(24-29-19-16-15-17-20-29)44-37(49)28(6)36(54-12)31-21-18-23-47(31)33(48)25-32(53-11)35(27(5)14-2)46(10)39(51)34(26(3)4)45-40(52)41(7,8)42-9/h15-17,19-20,26-28,30-32,34-36,42H,13-14,18,21-25H2,1-12H3,(H,43,50)(H,44,49)(H,45,52)/t27-,28+,30-,31-,32+,34-,35-,36+/m0/s1. The Morgan fingerprint density at radius 2 is 1.61 bits per heavy atom. The minimum Gasteiger partial charge on any atom is -0.379 e. The minimum absolute atomic E-state index is 0.0128. The molecular formula is C41H70N6O7. The number of nitrogens with zero attached hydrogens (tertiary/aromatic N) is 2. The van der Waals surface area contributed by atoms with E-state index in [-0.39, 0.29) is 53.8 Å². The van der Waals surface area contributed by atoms with Gasteiger partial charge in [0.25, 0.3) is 0 Å². The maximum absolute atomic E-state index is 14.2. The minimum atomic E-state index is -0.874. The van der Waals surface area contributed by atoms with Crippen molar-refractivity contribution in [2.24, 2.45) is 17.8 Å². The van der Waals surface area contributed by atoms with Crippen LogP contribution in [-0.2, 0) is 39.9 Å². The van der Waals surface area contributed by atoms with Gasteiger partial charge in [0.15, 0.2) is 0 Å². The van der Waals surface area contributed by atoms with Gasteiger partial charge >= 0.3 is 0 Å². The van der Waals surface area contributed by atoms with Crippen molar-refractivity contribution in [1.29, 1.82) is 0 Å². The Hall–Kier alpha value is -3.55. The van der Waals surface area contributed by atoms with Crippen molar-refractivity contribution in [3.63, 3.8) is 0 Å². The molecule has 1 heterocycles. The molecule has 8 atom stereocenters. The van der Waals surface area contributed by atoms with E-state index in [9.17, 15) is 24.0 Å². The third-order valence-corrected chi connectivity index (χ3v) is 11.1. The Morgan fingerprint density at radius 1 is 0.963 bits per heavy atom. The molecule has 0 aromatic heterocycles. The molecule has 1 saturated heterocycles. The quantitative estimate of drug-likeness (QED) is 0.140. The highest BCUT2D eigenvalue weighted by Gasteiger charge is 2.43. The first-order valence-electron chi connectivity index (χ1n) is 19.7. The third-order valence-electron chi connectivity index (χ3n) is 11.1. The lowest BCUT2D eigenvalue weighted by atomic mass is 9.89. The van der Waals surface area contributed by atoms with Crippen molar-refractivity contribution in [1.82, 2.24) is 31.1 Å². The summed E-state index contributed by atoms with van der Waals surface area (Å²) in [6, 6.07) is 7.17. The molecule has 54 heavy (non-hydrogen) atoms. The van der Waals surface area contributed by atoms with Gasteiger partial charge in [-0.25, -0.2) is 0 Å². The second-order valence-electron chi connectivity index (χ2n) is 15.7. The van der Waals surface area contributed by atoms with Gasteiger partial charge in [-0.1, -0.05) is 78.3 Å². The summed E-state index contributed by atoms with van der Waals surface area (Å²) in [5.74, 6) is -2.16. The van der Waals surface area contributed by atoms with Crippen LogP contribution in [-0.4, -0.2) is 123 Å². The summed E-state index contributed by atoms with van der Waals surface area (Å²) < 4.78 is 12.0. The molecule has 0 aliphatic carbocycles. The molecule has 306 valence electrons. The first-order chi connectivity index (χ1) is 25.5. The first-order valence-corrected chi connectivity index (χ1v) is 19.7. The Bertz CT molecular complexity index is 1360. The van der Waals surface area contributed by atoms with Gasteiger partial charge in [0.1, 0.15) is 12.1 Å². The summed E-state index contributed by atoms with van der Waals surface area (Å²) in [6.45, 7) is 16.1. The highest BCUT2D eigenvalue weighted by molar-refractivity contribution is 5.92. The molecule has 0 saturated carbocycles. The van der Waals surface area contributed by atoms with Gasteiger partial charge in [0, 0.05) is 40.8 Å². The zero-order valence-electron chi connectivity index (χ0n) is 35.0. The number of likely N-dealkylation sites (N-methyl/N-ethyl adjacent to an activating group) is 2. The molecule has 1 aliphatic rings. The zero-order chi connectivity index (χ0) is 40.7. The number of rotatable bonds is 22. The number of likely N-dealkylation sites (tertiary alicyclic amines) is 1. The van der Waals surface area contributed by atoms with Gasteiger partial charge in [-0.15, -0.1) is 0 Å². The van der Waals surface area contributed by atoms with Crippen molar-refractivity contribution in [2.75, 3.05) is 41.4 Å². The van der Waals surface area contributed by atoms with Gasteiger partial charge in [0.05, 0.1) is 42.2 Å². The lowest BCUT2D eigenvalue weighted by molar-refractivity contribution is -0.148. The maximum Gasteiger partial charge on any atom is 0.245 e. The molecule has 5 amide bonds. The van der Waals surface area contributed by atoms with Crippen LogP contribution in [0.3, 0.4) is 0 Å². The molecular weight excluding hydrogens is 688 g/mol. The van der Waals surface area contributed by atoms with E-state index in [1.54, 1.807) is 58.9 Å². The lowest BCUT2D eigenvalue weighted by Gasteiger charge is -2.41. The second kappa shape index (κ2) is 22.1. The van der Waals surface area contributed by atoms with Crippen LogP contribution in [0.4, 0.5) is 0 Å². The average molecular weight is 759 g/mol. The topological polar surface area (TPSA) is 158 Å². The maximum atomic E-state index is 14.2. The van der Waals surface area contributed by atoms with Crippen LogP contribution in [0, 0.1) is 17.8 Å². The number of ether oxygens (including phenoxy) is 2. The summed E-state index contributed by atoms with van der Waals surface area (Å²) in [4.78, 5) is 71.8. The van der Waals surface area contributed by atoms with Crippen LogP contribution in [0.5, 0.6) is 0 Å². The van der Waals surface area contributed by atoms with Gasteiger partial charge in [-0.2, -0.15) is 0 Å². The van der Waals surface area contributed by atoms with Crippen molar-refractivity contribution in [3.05, 3.63) is 35.9 Å². The molecule has 1 aromatic rings. The number of methoxy groups -OCH3 is 2. The van der Waals surface area contributed by atoms with Gasteiger partial charge < -0.3 is 40.5 Å². The zero-order valence-corrected chi connectivity index (χ0v) is 35.0. The Kier molecular flexibility index (Phi) is 19.1. The number of nitrogens with one attached hydrogen (secondary N) is 4. The second-order valence-corrected chi connectivity index (χ2v) is 15.7. The molecule has 13 nitrogen and oxygen atoms in total. The van der Waals surface area contributed by atoms with Crippen LogP contribution in [0.2, 0.25) is 0 Å². The van der Waals surface area contributed by atoms with E-state index in [2.05, 4.69) is 21.3 Å². The van der Waals surface area contributed by atoms with E-state index in [0.717, 1.165) is 24.8 Å². The van der Waals surface area contributed by atoms with E-state index in [1.807, 2.05) is 65.0 Å². The van der Waals surface area contributed by atoms with Crippen molar-refractivity contribution in [2.45, 2.75) is 136 Å². The van der Waals surface area contributed by atoms with E-state index in [1.165, 1.54) is 0 Å². The van der Waals surface area contributed by atoms with Crippen LogP contribution in [0.15, 0.2) is 30.3 Å². The molecule has 4 N–H and O–H groups in total. The predicted molar refractivity (Wildman–Crippen MR) is 211 cm³/mol. The molecule has 13 heteroatoms. The first kappa shape index (κ1) is 46.6. The van der Waals surface area contributed by atoms with Crippen molar-refractivity contribution >= 4 is 29.5 Å². The monoisotopic (exact) mass is 759 g/mol. The van der Waals surface area contributed by atoms with Crippen LogP contribution in [0.25, 0.3) is 0 Å². The molecule has 0 spiro atoms. The fourth-order valence-electron chi connectivity index (χ4n) is 7.21. The fraction of sp³-hybridized carbons (Fsp3) is 0.732. The number of carbonyl (C=O) groups excluding carboxylic acids is 5. The Balaban J connectivity index is 2.29. The SMILES string of the molecule is CCCNC(=O)[C@H](Cc1ccccc1)NC(=O)[C@H](C)[C@@H](OC)[C@@H]1CCCN1C(=O)C[C@@H](OC)[C@H]([C@@H](C)CC)N(C)C(=O)[C@@H](NC(=O)C(C)(C)NC)C(C)C. The van der Waals surface area contributed by atoms with Gasteiger partial charge in [-0.05, 0) is 57.6 Å². The number of amides is 5. The fourth-order valence-corrected chi connectivity index (χ4v) is 7.21. The highest BCUT2D eigenvalue weighted by atomic mass is 16.5. The van der Waals surface area contributed by atoms with E-state index >= 15 is 0 Å². The number of benzene rings is 1. The Labute approximate surface area is 324 Å². The van der Waals surface area contributed by atoms with Crippen LogP contribution in [0.1, 0.15) is 93.1 Å². The summed E-state index contributed by atoms with van der Waals surface area (Å²) in [7, 11) is 6.51. The molecule has 1 aliphatic heterocycles. The van der Waals surface area contributed by atoms with E-state index in [0.29, 0.717) is 25.9 Å². The molecule has 1 fully saturated rings. The normalized spacial score (nSPS) is 18.5. The van der Waals surface area contributed by atoms with Crippen LogP contribution >= 0.6 is 0 Å². The van der Waals surface area contributed by atoms with Crippen LogP contribution < -0.4 is 21.3 Å². The molecule has 1 aromatic carbocycles. The number of carbonyl (C=O) groups is 5. The molecule has 0 unspecified atom stereocenters. The summed E-state index contributed by atoms with van der Waals surface area (Å²) in [5, 5.41) is 11.8. The average Bonchev–Trinajstić information content (AvgIpc) is 3.64. The third kappa shape index (κ3) is 12.5. The highest BCUT2D eigenvalue weighted by Crippen LogP contribution is 2.30. The molecule has 0 bridgehead atoms. The van der Waals surface area contributed by atoms with Crippen molar-refractivity contribution < 1.29 is 33.4 Å². The summed E-state index contributed by atoms with van der Waals surface area (Å²) in [6.07, 6.45) is 1.98. The molecule has 2 rings (SSSR count). The largest absolute Gasteiger partial charge is 0.379 e. The summed E-state index contributed by atoms with van der Waals surface area (Å²) in [5.41, 5.74) is 0.0530. The van der Waals surface area contributed by atoms with E-state index < -0.39 is 41.8 Å². The molecule has 0 radical (unpaired) electrons. The summed E-state index contributed by atoms with van der Waals surface area (Å²) >= 11 is 0.